The highest BCUT2D eigenvalue weighted by atomic mass is 15.2. The van der Waals surface area contributed by atoms with Crippen LogP contribution in [0.2, 0.25) is 0 Å². The van der Waals surface area contributed by atoms with Crippen molar-refractivity contribution in [2.45, 2.75) is 27.3 Å². The molecule has 2 aromatic rings. The topological polar surface area (TPSA) is 41.0 Å². The van der Waals surface area contributed by atoms with E-state index in [9.17, 15) is 0 Å². The van der Waals surface area contributed by atoms with E-state index in [1.54, 1.807) is 0 Å². The van der Waals surface area contributed by atoms with Crippen molar-refractivity contribution >= 4 is 11.6 Å². The Kier molecular flexibility index (Phi) is 4.56. The maximum atomic E-state index is 4.52. The zero-order chi connectivity index (χ0) is 14.5. The summed E-state index contributed by atoms with van der Waals surface area (Å²) >= 11 is 0. The van der Waals surface area contributed by atoms with Gasteiger partial charge in [0.15, 0.2) is 0 Å². The maximum absolute atomic E-state index is 4.52. The van der Waals surface area contributed by atoms with Crippen molar-refractivity contribution in [1.82, 2.24) is 9.97 Å². The number of aromatic nitrogens is 2. The maximum Gasteiger partial charge on any atom is 0.134 e. The molecular formula is C16H22N4. The van der Waals surface area contributed by atoms with E-state index in [0.29, 0.717) is 0 Å². The van der Waals surface area contributed by atoms with E-state index in [1.165, 1.54) is 11.1 Å². The highest BCUT2D eigenvalue weighted by Gasteiger charge is 2.08. The second kappa shape index (κ2) is 6.37. The minimum Gasteiger partial charge on any atom is -0.370 e. The molecule has 4 nitrogen and oxygen atoms in total. The Morgan fingerprint density at radius 1 is 1.15 bits per heavy atom. The fourth-order valence-corrected chi connectivity index (χ4v) is 2.14. The smallest absolute Gasteiger partial charge is 0.134 e. The molecule has 0 aliphatic carbocycles. The van der Waals surface area contributed by atoms with Crippen LogP contribution in [0.5, 0.6) is 0 Å². The number of nitrogens with zero attached hydrogens (tertiary/aromatic N) is 3. The second-order valence-corrected chi connectivity index (χ2v) is 4.97. The molecule has 0 radical (unpaired) electrons. The molecule has 0 aliphatic rings. The van der Waals surface area contributed by atoms with Gasteiger partial charge in [0.25, 0.3) is 0 Å². The molecular weight excluding hydrogens is 248 g/mol. The van der Waals surface area contributed by atoms with Crippen molar-refractivity contribution in [2.75, 3.05) is 23.8 Å². The Bertz CT molecular complexity index is 580. The first kappa shape index (κ1) is 14.3. The second-order valence-electron chi connectivity index (χ2n) is 4.97. The molecule has 0 saturated carbocycles. The quantitative estimate of drug-likeness (QED) is 0.906. The van der Waals surface area contributed by atoms with Gasteiger partial charge in [-0.15, -0.1) is 0 Å². The highest BCUT2D eigenvalue weighted by molar-refractivity contribution is 5.49. The largest absolute Gasteiger partial charge is 0.370 e. The number of nitrogens with one attached hydrogen (secondary N) is 1. The van der Waals surface area contributed by atoms with Gasteiger partial charge in [-0.3, -0.25) is 0 Å². The summed E-state index contributed by atoms with van der Waals surface area (Å²) < 4.78 is 0. The summed E-state index contributed by atoms with van der Waals surface area (Å²) in [5, 5.41) is 3.24. The average molecular weight is 270 g/mol. The summed E-state index contributed by atoms with van der Waals surface area (Å²) in [5.41, 5.74) is 2.62. The Morgan fingerprint density at radius 3 is 2.60 bits per heavy atom. The average Bonchev–Trinajstić information content (AvgIpc) is 2.41. The van der Waals surface area contributed by atoms with Gasteiger partial charge < -0.3 is 10.2 Å². The van der Waals surface area contributed by atoms with Gasteiger partial charge in [-0.05, 0) is 31.9 Å². The van der Waals surface area contributed by atoms with E-state index < -0.39 is 0 Å². The van der Waals surface area contributed by atoms with Crippen molar-refractivity contribution in [3.05, 3.63) is 47.3 Å². The van der Waals surface area contributed by atoms with Gasteiger partial charge in [-0.2, -0.15) is 0 Å². The van der Waals surface area contributed by atoms with Gasteiger partial charge in [0.2, 0.25) is 0 Å². The fourth-order valence-electron chi connectivity index (χ4n) is 2.14. The van der Waals surface area contributed by atoms with Crippen molar-refractivity contribution in [3.63, 3.8) is 0 Å². The van der Waals surface area contributed by atoms with Crippen LogP contribution in [0.15, 0.2) is 30.3 Å². The van der Waals surface area contributed by atoms with Gasteiger partial charge in [-0.25, -0.2) is 9.97 Å². The summed E-state index contributed by atoms with van der Waals surface area (Å²) in [6, 6.07) is 10.4. The molecule has 106 valence electrons. The van der Waals surface area contributed by atoms with Gasteiger partial charge in [0.05, 0.1) is 0 Å². The summed E-state index contributed by atoms with van der Waals surface area (Å²) in [6.07, 6.45) is 0. The summed E-state index contributed by atoms with van der Waals surface area (Å²) in [4.78, 5) is 11.0. The highest BCUT2D eigenvalue weighted by Crippen LogP contribution is 2.18. The number of benzene rings is 1. The Balaban J connectivity index is 2.20. The lowest BCUT2D eigenvalue weighted by atomic mass is 10.1. The molecule has 0 bridgehead atoms. The van der Waals surface area contributed by atoms with Crippen LogP contribution >= 0.6 is 0 Å². The van der Waals surface area contributed by atoms with E-state index in [4.69, 9.17) is 0 Å². The van der Waals surface area contributed by atoms with Gasteiger partial charge in [0, 0.05) is 26.2 Å². The first-order chi connectivity index (χ1) is 9.60. The third-order valence-corrected chi connectivity index (χ3v) is 3.24. The lowest BCUT2D eigenvalue weighted by molar-refractivity contribution is 0.873. The number of rotatable bonds is 5. The van der Waals surface area contributed by atoms with E-state index >= 15 is 0 Å². The molecule has 0 amide bonds. The monoisotopic (exact) mass is 270 g/mol. The van der Waals surface area contributed by atoms with E-state index in [2.05, 4.69) is 65.3 Å². The standard InChI is InChI=1S/C16H22N4/c1-5-17-15-10-16(19-13(3)18-15)20(4)11-14-9-7-6-8-12(14)2/h6-10H,5,11H2,1-4H3,(H,17,18,19). The van der Waals surface area contributed by atoms with Crippen molar-refractivity contribution < 1.29 is 0 Å². The summed E-state index contributed by atoms with van der Waals surface area (Å²) in [7, 11) is 2.06. The van der Waals surface area contributed by atoms with Crippen molar-refractivity contribution in [2.24, 2.45) is 0 Å². The molecule has 2 rings (SSSR count). The molecule has 20 heavy (non-hydrogen) atoms. The first-order valence-electron chi connectivity index (χ1n) is 6.95. The molecule has 0 saturated heterocycles. The van der Waals surface area contributed by atoms with Crippen LogP contribution in [0.3, 0.4) is 0 Å². The van der Waals surface area contributed by atoms with Gasteiger partial charge in [-0.1, -0.05) is 24.3 Å². The molecule has 4 heteroatoms. The molecule has 0 aliphatic heterocycles. The number of aryl methyl sites for hydroxylation is 2. The van der Waals surface area contributed by atoms with E-state index in [1.807, 2.05) is 13.0 Å². The minimum atomic E-state index is 0.787. The van der Waals surface area contributed by atoms with Crippen LogP contribution in [-0.4, -0.2) is 23.6 Å². The minimum absolute atomic E-state index is 0.787. The number of anilines is 2. The van der Waals surface area contributed by atoms with Crippen LogP contribution in [0.25, 0.3) is 0 Å². The molecule has 0 unspecified atom stereocenters. The van der Waals surface area contributed by atoms with Crippen LogP contribution in [0.1, 0.15) is 23.9 Å². The van der Waals surface area contributed by atoms with Gasteiger partial charge in [0.1, 0.15) is 17.5 Å². The Hall–Kier alpha value is -2.10. The molecule has 0 fully saturated rings. The van der Waals surface area contributed by atoms with Crippen molar-refractivity contribution in [3.8, 4) is 0 Å². The third-order valence-electron chi connectivity index (χ3n) is 3.24. The van der Waals surface area contributed by atoms with Gasteiger partial charge >= 0.3 is 0 Å². The zero-order valence-electron chi connectivity index (χ0n) is 12.6. The van der Waals surface area contributed by atoms with Crippen LogP contribution in [0, 0.1) is 13.8 Å². The first-order valence-corrected chi connectivity index (χ1v) is 6.95. The predicted molar refractivity (Wildman–Crippen MR) is 84.2 cm³/mol. The molecule has 1 aromatic carbocycles. The number of hydrogen-bond acceptors (Lipinski definition) is 4. The molecule has 0 spiro atoms. The third kappa shape index (κ3) is 3.47. The summed E-state index contributed by atoms with van der Waals surface area (Å²) in [5.74, 6) is 2.61. The normalized spacial score (nSPS) is 10.4. The van der Waals surface area contributed by atoms with Crippen LogP contribution in [-0.2, 0) is 6.54 Å². The SMILES string of the molecule is CCNc1cc(N(C)Cc2ccccc2C)nc(C)n1. The van der Waals surface area contributed by atoms with E-state index in [-0.39, 0.29) is 0 Å². The lowest BCUT2D eigenvalue weighted by Gasteiger charge is -2.20. The Labute approximate surface area is 120 Å². The van der Waals surface area contributed by atoms with E-state index in [0.717, 1.165) is 30.5 Å². The Morgan fingerprint density at radius 2 is 1.90 bits per heavy atom. The van der Waals surface area contributed by atoms with Crippen molar-refractivity contribution in [1.29, 1.82) is 0 Å². The lowest BCUT2D eigenvalue weighted by Crippen LogP contribution is -2.19. The van der Waals surface area contributed by atoms with Crippen LogP contribution in [0.4, 0.5) is 11.6 Å². The van der Waals surface area contributed by atoms with Crippen LogP contribution < -0.4 is 10.2 Å². The molecule has 1 N–H and O–H groups in total. The molecule has 0 atom stereocenters. The predicted octanol–water partition coefficient (Wildman–Crippen LogP) is 3.16. The zero-order valence-corrected chi connectivity index (χ0v) is 12.6. The summed E-state index contributed by atoms with van der Waals surface area (Å²) in [6.45, 7) is 7.82. The molecule has 1 aromatic heterocycles. The molecule has 1 heterocycles. The number of hydrogen-bond donors (Lipinski definition) is 1. The fraction of sp³-hybridized carbons (Fsp3) is 0.375.